The molecule has 1 N–H and O–H groups in total. The molecule has 0 saturated heterocycles. The highest BCUT2D eigenvalue weighted by Gasteiger charge is 2.38. The Labute approximate surface area is 178 Å². The van der Waals surface area contributed by atoms with Gasteiger partial charge in [-0.15, -0.1) is 11.3 Å². The molecular weight excluding hydrogens is 430 g/mol. The molecule has 2 aliphatic carbocycles. The molecule has 0 radical (unpaired) electrons. The van der Waals surface area contributed by atoms with Crippen molar-refractivity contribution < 1.29 is 22.0 Å². The van der Waals surface area contributed by atoms with Crippen molar-refractivity contribution in [1.82, 2.24) is 4.98 Å². The number of carbonyl (C=O) groups excluding carboxylic acids is 1. The lowest BCUT2D eigenvalue weighted by Crippen LogP contribution is -2.23. The number of aryl methyl sites for hydroxylation is 1. The van der Waals surface area contributed by atoms with Crippen LogP contribution in [0.1, 0.15) is 48.5 Å². The number of rotatable bonds is 7. The fourth-order valence-electron chi connectivity index (χ4n) is 4.01. The van der Waals surface area contributed by atoms with Crippen LogP contribution in [-0.4, -0.2) is 36.9 Å². The molecule has 0 aliphatic heterocycles. The Morgan fingerprint density at radius 3 is 2.37 bits per heavy atom. The first-order valence-electron chi connectivity index (χ1n) is 10.1. The summed E-state index contributed by atoms with van der Waals surface area (Å²) in [5, 5.41) is 2.95. The third-order valence-corrected chi connectivity index (χ3v) is 8.93. The number of nitrogens with one attached hydrogen (secondary N) is 1. The normalized spacial score (nSPS) is 25.2. The standard InChI is InChI=1S/C21H24F2N2O3S2/c1-12-11-24-21(29-12)25-20(26)17(8-13-9-18(22)19(23)10-13)14-2-4-15(5-3-14)30(27,28)16-6-7-16/h2-5,11,13,16-19H,6-10H2,1H3,(H,24,25,26)/t13?,17-,18-,19+/m1/s1. The molecule has 0 spiro atoms. The van der Waals surface area contributed by atoms with Gasteiger partial charge in [0.25, 0.3) is 0 Å². The van der Waals surface area contributed by atoms with Crippen molar-refractivity contribution in [2.24, 2.45) is 5.92 Å². The molecule has 1 unspecified atom stereocenters. The van der Waals surface area contributed by atoms with Crippen LogP contribution in [0.3, 0.4) is 0 Å². The highest BCUT2D eigenvalue weighted by atomic mass is 32.2. The van der Waals surface area contributed by atoms with Gasteiger partial charge in [0.2, 0.25) is 5.91 Å². The van der Waals surface area contributed by atoms with Gasteiger partial charge in [0.05, 0.1) is 16.1 Å². The maximum Gasteiger partial charge on any atom is 0.233 e. The maximum absolute atomic E-state index is 13.7. The second-order valence-corrected chi connectivity index (χ2v) is 11.7. The first-order chi connectivity index (χ1) is 14.2. The summed E-state index contributed by atoms with van der Waals surface area (Å²) in [6.07, 6.45) is 0.511. The number of benzene rings is 1. The fraction of sp³-hybridized carbons (Fsp3) is 0.524. The molecular formula is C21H24F2N2O3S2. The Kier molecular flexibility index (Phi) is 5.94. The summed E-state index contributed by atoms with van der Waals surface area (Å²) in [4.78, 5) is 18.4. The van der Waals surface area contributed by atoms with E-state index in [1.165, 1.54) is 23.5 Å². The summed E-state index contributed by atoms with van der Waals surface area (Å²) in [6.45, 7) is 1.88. The lowest BCUT2D eigenvalue weighted by atomic mass is 9.87. The fourth-order valence-corrected chi connectivity index (χ4v) is 6.34. The Morgan fingerprint density at radius 2 is 1.83 bits per heavy atom. The van der Waals surface area contributed by atoms with E-state index in [1.54, 1.807) is 18.3 Å². The second kappa shape index (κ2) is 8.34. The van der Waals surface area contributed by atoms with Crippen molar-refractivity contribution in [2.75, 3.05) is 5.32 Å². The largest absolute Gasteiger partial charge is 0.301 e. The third-order valence-electron chi connectivity index (χ3n) is 5.82. The SMILES string of the molecule is Cc1cnc(NC(=O)[C@H](CC2C[C@@H](F)[C@@H](F)C2)c2ccc(S(=O)(=O)C3CC3)cc2)s1. The summed E-state index contributed by atoms with van der Waals surface area (Å²) in [6, 6.07) is 6.34. The highest BCUT2D eigenvalue weighted by Crippen LogP contribution is 2.39. The molecule has 30 heavy (non-hydrogen) atoms. The Bertz CT molecular complexity index is 1010. The number of alkyl halides is 2. The summed E-state index contributed by atoms with van der Waals surface area (Å²) in [5.41, 5.74) is 0.633. The summed E-state index contributed by atoms with van der Waals surface area (Å²) in [7, 11) is -3.32. The van der Waals surface area contributed by atoms with Gasteiger partial charge in [-0.05, 0) is 62.6 Å². The predicted molar refractivity (Wildman–Crippen MR) is 112 cm³/mol. The Morgan fingerprint density at radius 1 is 1.20 bits per heavy atom. The number of halogens is 2. The zero-order valence-electron chi connectivity index (χ0n) is 16.6. The Hall–Kier alpha value is -1.87. The molecule has 4 atom stereocenters. The molecule has 2 aliphatic rings. The molecule has 0 bridgehead atoms. The molecule has 162 valence electrons. The van der Waals surface area contributed by atoms with Gasteiger partial charge in [-0.25, -0.2) is 22.2 Å². The van der Waals surface area contributed by atoms with E-state index in [2.05, 4.69) is 10.3 Å². The third kappa shape index (κ3) is 4.56. The van der Waals surface area contributed by atoms with Crippen molar-refractivity contribution in [2.45, 2.75) is 67.4 Å². The molecule has 2 fully saturated rings. The molecule has 9 heteroatoms. The van der Waals surface area contributed by atoms with E-state index >= 15 is 0 Å². The van der Waals surface area contributed by atoms with Crippen LogP contribution >= 0.6 is 11.3 Å². The van der Waals surface area contributed by atoms with Gasteiger partial charge in [0.15, 0.2) is 15.0 Å². The summed E-state index contributed by atoms with van der Waals surface area (Å²) in [5.74, 6) is -1.20. The number of sulfone groups is 1. The van der Waals surface area contributed by atoms with Crippen molar-refractivity contribution in [3.63, 3.8) is 0 Å². The van der Waals surface area contributed by atoms with Crippen LogP contribution in [0.2, 0.25) is 0 Å². The van der Waals surface area contributed by atoms with Gasteiger partial charge in [0, 0.05) is 11.1 Å². The zero-order chi connectivity index (χ0) is 21.5. The monoisotopic (exact) mass is 454 g/mol. The molecule has 1 aromatic carbocycles. The summed E-state index contributed by atoms with van der Waals surface area (Å²) < 4.78 is 52.2. The molecule has 4 rings (SSSR count). The minimum atomic E-state index is -3.32. The van der Waals surface area contributed by atoms with E-state index in [9.17, 15) is 22.0 Å². The number of amides is 1. The number of aromatic nitrogens is 1. The van der Waals surface area contributed by atoms with Crippen LogP contribution in [0.15, 0.2) is 35.4 Å². The average molecular weight is 455 g/mol. The van der Waals surface area contributed by atoms with Crippen LogP contribution in [0.4, 0.5) is 13.9 Å². The molecule has 1 amide bonds. The van der Waals surface area contributed by atoms with Gasteiger partial charge >= 0.3 is 0 Å². The average Bonchev–Trinajstić information content (AvgIpc) is 3.42. The second-order valence-electron chi connectivity index (χ2n) is 8.24. The number of nitrogens with zero attached hydrogens (tertiary/aromatic N) is 1. The topological polar surface area (TPSA) is 76.1 Å². The number of hydrogen-bond acceptors (Lipinski definition) is 5. The van der Waals surface area contributed by atoms with E-state index < -0.39 is 28.1 Å². The number of thiazole rings is 1. The van der Waals surface area contributed by atoms with Gasteiger partial charge in [-0.3, -0.25) is 4.79 Å². The highest BCUT2D eigenvalue weighted by molar-refractivity contribution is 7.92. The quantitative estimate of drug-likeness (QED) is 0.664. The van der Waals surface area contributed by atoms with Crippen LogP contribution in [-0.2, 0) is 14.6 Å². The minimum absolute atomic E-state index is 0.0927. The van der Waals surface area contributed by atoms with Gasteiger partial charge < -0.3 is 5.32 Å². The number of carbonyl (C=O) groups is 1. The smallest absolute Gasteiger partial charge is 0.233 e. The first-order valence-corrected chi connectivity index (χ1v) is 12.5. The molecule has 5 nitrogen and oxygen atoms in total. The summed E-state index contributed by atoms with van der Waals surface area (Å²) >= 11 is 1.35. The first kappa shape index (κ1) is 21.4. The van der Waals surface area contributed by atoms with E-state index in [4.69, 9.17) is 0 Å². The van der Waals surface area contributed by atoms with Crippen molar-refractivity contribution in [3.05, 3.63) is 40.9 Å². The lowest BCUT2D eigenvalue weighted by Gasteiger charge is -2.20. The molecule has 2 saturated carbocycles. The minimum Gasteiger partial charge on any atom is -0.301 e. The molecule has 1 aromatic heterocycles. The van der Waals surface area contributed by atoms with Crippen molar-refractivity contribution in [3.8, 4) is 0 Å². The van der Waals surface area contributed by atoms with Crippen LogP contribution in [0, 0.1) is 12.8 Å². The number of hydrogen-bond donors (Lipinski definition) is 1. The van der Waals surface area contributed by atoms with Gasteiger partial charge in [0.1, 0.15) is 12.3 Å². The van der Waals surface area contributed by atoms with Crippen LogP contribution in [0.5, 0.6) is 0 Å². The Balaban J connectivity index is 1.56. The lowest BCUT2D eigenvalue weighted by molar-refractivity contribution is -0.118. The van der Waals surface area contributed by atoms with Gasteiger partial charge in [-0.2, -0.15) is 0 Å². The van der Waals surface area contributed by atoms with Gasteiger partial charge in [-0.1, -0.05) is 12.1 Å². The van der Waals surface area contributed by atoms with E-state index in [1.807, 2.05) is 6.92 Å². The van der Waals surface area contributed by atoms with E-state index in [0.29, 0.717) is 30.0 Å². The van der Waals surface area contributed by atoms with Crippen molar-refractivity contribution >= 4 is 32.2 Å². The molecule has 1 heterocycles. The molecule has 2 aromatic rings. The number of anilines is 1. The van der Waals surface area contributed by atoms with Crippen LogP contribution < -0.4 is 5.32 Å². The maximum atomic E-state index is 13.7. The van der Waals surface area contributed by atoms with E-state index in [0.717, 1.165) is 4.88 Å². The van der Waals surface area contributed by atoms with E-state index in [-0.39, 0.29) is 34.8 Å². The van der Waals surface area contributed by atoms with Crippen molar-refractivity contribution in [1.29, 1.82) is 0 Å². The zero-order valence-corrected chi connectivity index (χ0v) is 18.2. The van der Waals surface area contributed by atoms with Crippen LogP contribution in [0.25, 0.3) is 0 Å². The predicted octanol–water partition coefficient (Wildman–Crippen LogP) is 4.59.